The highest BCUT2D eigenvalue weighted by Crippen LogP contribution is 2.26. The molecule has 0 bridgehead atoms. The smallest absolute Gasteiger partial charge is 0.307 e. The molecule has 0 saturated carbocycles. The number of carbonyl (C=O) groups is 1. The molecule has 0 aliphatic rings. The standard InChI is InChI=1S/C14H11ClN2O3/c15-10-1-2-13-12(6-10)9(5-14(18)19)7-17(13)8-11-3-4-20-16-11/h1-4,6-7H,5,8H2,(H,18,19). The van der Waals surface area contributed by atoms with E-state index >= 15 is 0 Å². The van der Waals surface area contributed by atoms with Crippen LogP contribution >= 0.6 is 11.6 Å². The second-order valence-corrected chi connectivity index (χ2v) is 4.94. The number of halogens is 1. The minimum Gasteiger partial charge on any atom is -0.481 e. The third-order valence-electron chi connectivity index (χ3n) is 3.09. The summed E-state index contributed by atoms with van der Waals surface area (Å²) in [6.07, 6.45) is 3.29. The fraction of sp³-hybridized carbons (Fsp3) is 0.143. The first-order chi connectivity index (χ1) is 9.63. The van der Waals surface area contributed by atoms with Gasteiger partial charge in [0.2, 0.25) is 0 Å². The molecule has 0 spiro atoms. The van der Waals surface area contributed by atoms with Crippen LogP contribution in [0, 0.1) is 0 Å². The maximum atomic E-state index is 11.0. The van der Waals surface area contributed by atoms with Gasteiger partial charge in [0.25, 0.3) is 0 Å². The summed E-state index contributed by atoms with van der Waals surface area (Å²) >= 11 is 6.00. The number of fused-ring (bicyclic) bond motifs is 1. The predicted octanol–water partition coefficient (Wildman–Crippen LogP) is 2.96. The van der Waals surface area contributed by atoms with Gasteiger partial charge in [0.15, 0.2) is 0 Å². The Morgan fingerprint density at radius 3 is 2.95 bits per heavy atom. The molecule has 1 N–H and O–H groups in total. The molecule has 102 valence electrons. The molecule has 0 aliphatic carbocycles. The van der Waals surface area contributed by atoms with Crippen LogP contribution in [-0.2, 0) is 17.8 Å². The topological polar surface area (TPSA) is 68.3 Å². The number of aliphatic carboxylic acids is 1. The van der Waals surface area contributed by atoms with E-state index in [1.54, 1.807) is 18.2 Å². The molecule has 5 nitrogen and oxygen atoms in total. The lowest BCUT2D eigenvalue weighted by molar-refractivity contribution is -0.136. The number of carboxylic acid groups (broad SMARTS) is 1. The lowest BCUT2D eigenvalue weighted by Gasteiger charge is -2.01. The largest absolute Gasteiger partial charge is 0.481 e. The van der Waals surface area contributed by atoms with Crippen LogP contribution in [0.5, 0.6) is 0 Å². The third-order valence-corrected chi connectivity index (χ3v) is 3.33. The van der Waals surface area contributed by atoms with Crippen LogP contribution in [0.1, 0.15) is 11.3 Å². The average Bonchev–Trinajstić information content (AvgIpc) is 2.99. The van der Waals surface area contributed by atoms with Gasteiger partial charge >= 0.3 is 5.97 Å². The van der Waals surface area contributed by atoms with E-state index in [4.69, 9.17) is 21.2 Å². The van der Waals surface area contributed by atoms with E-state index < -0.39 is 5.97 Å². The van der Waals surface area contributed by atoms with Crippen LogP contribution in [0.25, 0.3) is 10.9 Å². The van der Waals surface area contributed by atoms with Gasteiger partial charge in [0.1, 0.15) is 12.0 Å². The van der Waals surface area contributed by atoms with Crippen LogP contribution in [0.3, 0.4) is 0 Å². The second kappa shape index (κ2) is 5.02. The molecule has 0 radical (unpaired) electrons. The zero-order chi connectivity index (χ0) is 14.1. The van der Waals surface area contributed by atoms with Crippen molar-refractivity contribution in [3.8, 4) is 0 Å². The van der Waals surface area contributed by atoms with E-state index in [1.165, 1.54) is 6.26 Å². The summed E-state index contributed by atoms with van der Waals surface area (Å²) in [7, 11) is 0. The first-order valence-electron chi connectivity index (χ1n) is 6.02. The van der Waals surface area contributed by atoms with Crippen LogP contribution in [0.2, 0.25) is 5.02 Å². The second-order valence-electron chi connectivity index (χ2n) is 4.51. The van der Waals surface area contributed by atoms with Gasteiger partial charge in [-0.3, -0.25) is 4.79 Å². The Bertz CT molecular complexity index is 762. The average molecular weight is 291 g/mol. The first-order valence-corrected chi connectivity index (χ1v) is 6.39. The Hall–Kier alpha value is -2.27. The molecule has 0 saturated heterocycles. The van der Waals surface area contributed by atoms with Crippen molar-refractivity contribution in [1.29, 1.82) is 0 Å². The van der Waals surface area contributed by atoms with E-state index in [0.717, 1.165) is 22.2 Å². The van der Waals surface area contributed by atoms with E-state index in [1.807, 2.05) is 16.8 Å². The van der Waals surface area contributed by atoms with Crippen molar-refractivity contribution in [3.05, 3.63) is 53.0 Å². The molecule has 6 heteroatoms. The van der Waals surface area contributed by atoms with Crippen molar-refractivity contribution in [2.75, 3.05) is 0 Å². The minimum atomic E-state index is -0.870. The Balaban J connectivity index is 2.09. The van der Waals surface area contributed by atoms with Gasteiger partial charge in [0, 0.05) is 28.2 Å². The van der Waals surface area contributed by atoms with Crippen LogP contribution in [0.15, 0.2) is 41.2 Å². The molecular formula is C14H11ClN2O3. The molecule has 0 fully saturated rings. The molecule has 2 aromatic heterocycles. The molecule has 1 aromatic carbocycles. The fourth-order valence-electron chi connectivity index (χ4n) is 2.27. The summed E-state index contributed by atoms with van der Waals surface area (Å²) in [5.74, 6) is -0.870. The number of benzene rings is 1. The van der Waals surface area contributed by atoms with Crippen molar-refractivity contribution in [3.63, 3.8) is 0 Å². The third kappa shape index (κ3) is 2.40. The van der Waals surface area contributed by atoms with Crippen molar-refractivity contribution in [2.45, 2.75) is 13.0 Å². The van der Waals surface area contributed by atoms with Crippen molar-refractivity contribution < 1.29 is 14.4 Å². The van der Waals surface area contributed by atoms with Crippen molar-refractivity contribution in [2.24, 2.45) is 0 Å². The lowest BCUT2D eigenvalue weighted by Crippen LogP contribution is -2.00. The zero-order valence-electron chi connectivity index (χ0n) is 10.4. The quantitative estimate of drug-likeness (QED) is 0.802. The fourth-order valence-corrected chi connectivity index (χ4v) is 2.44. The monoisotopic (exact) mass is 290 g/mol. The Labute approximate surface area is 119 Å². The molecule has 20 heavy (non-hydrogen) atoms. The van der Waals surface area contributed by atoms with Gasteiger partial charge in [-0.2, -0.15) is 0 Å². The van der Waals surface area contributed by atoms with Crippen LogP contribution in [0.4, 0.5) is 0 Å². The molecule has 0 aliphatic heterocycles. The number of carboxylic acids is 1. The molecule has 3 rings (SSSR count). The number of aromatic nitrogens is 2. The Morgan fingerprint density at radius 1 is 1.40 bits per heavy atom. The summed E-state index contributed by atoms with van der Waals surface area (Å²) in [4.78, 5) is 11.0. The molecular weight excluding hydrogens is 280 g/mol. The maximum Gasteiger partial charge on any atom is 0.307 e. The van der Waals surface area contributed by atoms with E-state index in [0.29, 0.717) is 11.6 Å². The molecule has 0 atom stereocenters. The summed E-state index contributed by atoms with van der Waals surface area (Å²) in [6.45, 7) is 0.522. The Kier molecular flexibility index (Phi) is 3.20. The summed E-state index contributed by atoms with van der Waals surface area (Å²) in [5.41, 5.74) is 2.44. The summed E-state index contributed by atoms with van der Waals surface area (Å²) in [6, 6.07) is 7.23. The summed E-state index contributed by atoms with van der Waals surface area (Å²) in [5, 5.41) is 14.3. The normalized spacial score (nSPS) is 11.1. The molecule has 0 amide bonds. The molecule has 3 aromatic rings. The SMILES string of the molecule is O=C(O)Cc1cn(Cc2ccon2)c2ccc(Cl)cc12. The zero-order valence-corrected chi connectivity index (χ0v) is 11.2. The highest BCUT2D eigenvalue weighted by molar-refractivity contribution is 6.31. The number of hydrogen-bond acceptors (Lipinski definition) is 3. The highest BCUT2D eigenvalue weighted by Gasteiger charge is 2.12. The van der Waals surface area contributed by atoms with Gasteiger partial charge in [-0.1, -0.05) is 16.8 Å². The van der Waals surface area contributed by atoms with E-state index in [-0.39, 0.29) is 6.42 Å². The Morgan fingerprint density at radius 2 is 2.25 bits per heavy atom. The van der Waals surface area contributed by atoms with Gasteiger partial charge in [0.05, 0.1) is 13.0 Å². The minimum absolute atomic E-state index is 0.0390. The number of nitrogens with zero attached hydrogens (tertiary/aromatic N) is 2. The van der Waals surface area contributed by atoms with Crippen molar-refractivity contribution >= 4 is 28.5 Å². The van der Waals surface area contributed by atoms with E-state index in [9.17, 15) is 4.79 Å². The van der Waals surface area contributed by atoms with Crippen molar-refractivity contribution in [1.82, 2.24) is 9.72 Å². The predicted molar refractivity (Wildman–Crippen MR) is 73.9 cm³/mol. The van der Waals surface area contributed by atoms with E-state index in [2.05, 4.69) is 5.16 Å². The van der Waals surface area contributed by atoms with Gasteiger partial charge in [-0.15, -0.1) is 0 Å². The molecule has 0 unspecified atom stereocenters. The van der Waals surface area contributed by atoms with Gasteiger partial charge < -0.3 is 14.2 Å². The summed E-state index contributed by atoms with van der Waals surface area (Å²) < 4.78 is 6.76. The highest BCUT2D eigenvalue weighted by atomic mass is 35.5. The van der Waals surface area contributed by atoms with Gasteiger partial charge in [-0.25, -0.2) is 0 Å². The maximum absolute atomic E-state index is 11.0. The van der Waals surface area contributed by atoms with Crippen LogP contribution in [-0.4, -0.2) is 20.8 Å². The molecule has 2 heterocycles. The first kappa shape index (κ1) is 12.7. The van der Waals surface area contributed by atoms with Crippen LogP contribution < -0.4 is 0 Å². The lowest BCUT2D eigenvalue weighted by atomic mass is 10.1. The number of hydrogen-bond donors (Lipinski definition) is 1. The van der Waals surface area contributed by atoms with Gasteiger partial charge in [-0.05, 0) is 23.8 Å². The number of rotatable bonds is 4.